The molecule has 92 valence electrons. The summed E-state index contributed by atoms with van der Waals surface area (Å²) in [5.41, 5.74) is 0.825. The van der Waals surface area contributed by atoms with Crippen LogP contribution in [0.15, 0.2) is 0 Å². The van der Waals surface area contributed by atoms with Gasteiger partial charge in [-0.1, -0.05) is 55.4 Å². The largest absolute Gasteiger partial charge is 0.158 e. The Kier molecular flexibility index (Phi) is 5.74. The minimum absolute atomic E-state index is 0.409. The van der Waals surface area contributed by atoms with Gasteiger partial charge in [0.25, 0.3) is 0 Å². The molecule has 0 spiro atoms. The fourth-order valence-electron chi connectivity index (χ4n) is 1.84. The van der Waals surface area contributed by atoms with Gasteiger partial charge in [0.1, 0.15) is 0 Å². The molecule has 0 aliphatic rings. The Bertz CT molecular complexity index is 171. The van der Waals surface area contributed by atoms with Crippen LogP contribution >= 0.6 is 11.8 Å². The van der Waals surface area contributed by atoms with Crippen molar-refractivity contribution in [2.75, 3.05) is 5.75 Å². The molecule has 1 heteroatoms. The molecule has 0 nitrogen and oxygen atoms in total. The van der Waals surface area contributed by atoms with Crippen molar-refractivity contribution < 1.29 is 0 Å². The molecule has 0 N–H and O–H groups in total. The van der Waals surface area contributed by atoms with Gasteiger partial charge in [0.15, 0.2) is 0 Å². The molecule has 0 aromatic carbocycles. The average molecular weight is 230 g/mol. The van der Waals surface area contributed by atoms with Crippen LogP contribution in [-0.4, -0.2) is 11.0 Å². The molecule has 0 aromatic heterocycles. The minimum Gasteiger partial charge on any atom is -0.158 e. The predicted molar refractivity (Wildman–Crippen MR) is 74.6 cm³/mol. The maximum atomic E-state index is 2.42. The molecule has 0 aliphatic carbocycles. The van der Waals surface area contributed by atoms with E-state index in [0.717, 1.165) is 11.2 Å². The summed E-state index contributed by atoms with van der Waals surface area (Å²) in [5, 5.41) is 0.762. The van der Waals surface area contributed by atoms with Crippen molar-refractivity contribution in [2.24, 2.45) is 16.7 Å². The Morgan fingerprint density at radius 3 is 1.67 bits per heavy atom. The molecule has 0 saturated heterocycles. The van der Waals surface area contributed by atoms with Crippen LogP contribution in [0.5, 0.6) is 0 Å². The summed E-state index contributed by atoms with van der Waals surface area (Å²) < 4.78 is 0. The molecular weight excluding hydrogens is 200 g/mol. The van der Waals surface area contributed by atoms with Crippen LogP contribution in [0.25, 0.3) is 0 Å². The Balaban J connectivity index is 4.64. The molecule has 0 heterocycles. The van der Waals surface area contributed by atoms with Gasteiger partial charge in [-0.05, 0) is 28.9 Å². The van der Waals surface area contributed by atoms with Gasteiger partial charge in [-0.3, -0.25) is 0 Å². The van der Waals surface area contributed by atoms with Crippen molar-refractivity contribution in [1.82, 2.24) is 0 Å². The second-order valence-corrected chi connectivity index (χ2v) is 8.06. The minimum atomic E-state index is 0.409. The lowest BCUT2D eigenvalue weighted by molar-refractivity contribution is 0.193. The van der Waals surface area contributed by atoms with Gasteiger partial charge < -0.3 is 0 Å². The van der Waals surface area contributed by atoms with Gasteiger partial charge in [-0.15, -0.1) is 0 Å². The van der Waals surface area contributed by atoms with E-state index in [1.54, 1.807) is 0 Å². The Labute approximate surface area is 102 Å². The van der Waals surface area contributed by atoms with Crippen molar-refractivity contribution in [2.45, 2.75) is 67.1 Å². The summed E-state index contributed by atoms with van der Waals surface area (Å²) in [6.45, 7) is 18.9. The van der Waals surface area contributed by atoms with Gasteiger partial charge in [0, 0.05) is 5.25 Å². The number of hydrogen-bond acceptors (Lipinski definition) is 1. The Morgan fingerprint density at radius 1 is 0.933 bits per heavy atom. The molecule has 0 bridgehead atoms. The molecule has 0 aromatic rings. The molecule has 0 radical (unpaired) electrons. The maximum Gasteiger partial charge on any atom is 0.0126 e. The Morgan fingerprint density at radius 2 is 1.40 bits per heavy atom. The number of hydrogen-bond donors (Lipinski definition) is 0. The van der Waals surface area contributed by atoms with E-state index < -0.39 is 0 Å². The highest BCUT2D eigenvalue weighted by atomic mass is 32.2. The molecule has 2 unspecified atom stereocenters. The van der Waals surface area contributed by atoms with E-state index in [1.165, 1.54) is 12.2 Å². The van der Waals surface area contributed by atoms with E-state index in [9.17, 15) is 0 Å². The number of rotatable bonds is 4. The predicted octanol–water partition coefficient (Wildman–Crippen LogP) is 5.23. The topological polar surface area (TPSA) is 0 Å². The molecule has 0 fully saturated rings. The summed E-state index contributed by atoms with van der Waals surface area (Å²) in [5.74, 6) is 2.05. The highest BCUT2D eigenvalue weighted by Crippen LogP contribution is 2.43. The van der Waals surface area contributed by atoms with E-state index in [-0.39, 0.29) is 0 Å². The first-order valence-electron chi connectivity index (χ1n) is 6.22. The van der Waals surface area contributed by atoms with E-state index in [4.69, 9.17) is 0 Å². The third-order valence-corrected chi connectivity index (χ3v) is 5.29. The summed E-state index contributed by atoms with van der Waals surface area (Å²) >= 11 is 2.16. The zero-order valence-corrected chi connectivity index (χ0v) is 12.8. The Hall–Kier alpha value is 0.350. The maximum absolute atomic E-state index is 2.42. The highest BCUT2D eigenvalue weighted by Gasteiger charge is 2.35. The van der Waals surface area contributed by atoms with Crippen molar-refractivity contribution in [3.63, 3.8) is 0 Å². The molecule has 0 rings (SSSR count). The lowest BCUT2D eigenvalue weighted by atomic mass is 9.73. The van der Waals surface area contributed by atoms with Gasteiger partial charge >= 0.3 is 0 Å². The van der Waals surface area contributed by atoms with E-state index in [1.807, 2.05) is 0 Å². The molecular formula is C14H30S. The van der Waals surface area contributed by atoms with Crippen LogP contribution in [0, 0.1) is 16.7 Å². The van der Waals surface area contributed by atoms with Crippen molar-refractivity contribution in [3.8, 4) is 0 Å². The summed E-state index contributed by atoms with van der Waals surface area (Å²) in [7, 11) is 0. The highest BCUT2D eigenvalue weighted by molar-refractivity contribution is 7.99. The molecule has 0 saturated carbocycles. The quantitative estimate of drug-likeness (QED) is 0.637. The standard InChI is InChI=1S/C14H30S/c1-9-10-15-12(14(6,7)8)11(2)13(3,4)5/h11-12H,9-10H2,1-8H3. The summed E-state index contributed by atoms with van der Waals surface area (Å²) in [4.78, 5) is 0. The average Bonchev–Trinajstić information content (AvgIpc) is 2.00. The summed E-state index contributed by atoms with van der Waals surface area (Å²) in [6, 6.07) is 0. The first-order chi connectivity index (χ1) is 6.60. The van der Waals surface area contributed by atoms with Gasteiger partial charge in [-0.25, -0.2) is 0 Å². The zero-order valence-electron chi connectivity index (χ0n) is 12.0. The lowest BCUT2D eigenvalue weighted by Crippen LogP contribution is -2.37. The van der Waals surface area contributed by atoms with Crippen LogP contribution < -0.4 is 0 Å². The van der Waals surface area contributed by atoms with Crippen molar-refractivity contribution in [1.29, 1.82) is 0 Å². The van der Waals surface area contributed by atoms with Gasteiger partial charge in [0.2, 0.25) is 0 Å². The molecule has 15 heavy (non-hydrogen) atoms. The fraction of sp³-hybridized carbons (Fsp3) is 1.00. The first-order valence-corrected chi connectivity index (χ1v) is 7.27. The van der Waals surface area contributed by atoms with Crippen LogP contribution in [0.2, 0.25) is 0 Å². The van der Waals surface area contributed by atoms with Crippen LogP contribution in [0.4, 0.5) is 0 Å². The van der Waals surface area contributed by atoms with Gasteiger partial charge in [-0.2, -0.15) is 11.8 Å². The monoisotopic (exact) mass is 230 g/mol. The van der Waals surface area contributed by atoms with E-state index >= 15 is 0 Å². The second-order valence-electron chi connectivity index (χ2n) is 6.81. The molecule has 0 aliphatic heterocycles. The fourth-order valence-corrected chi connectivity index (χ4v) is 3.53. The van der Waals surface area contributed by atoms with Crippen LogP contribution in [0.1, 0.15) is 61.8 Å². The zero-order chi connectivity index (χ0) is 12.3. The third kappa shape index (κ3) is 5.29. The number of thioether (sulfide) groups is 1. The van der Waals surface area contributed by atoms with E-state index in [0.29, 0.717) is 10.8 Å². The first kappa shape index (κ1) is 15.3. The van der Waals surface area contributed by atoms with Crippen LogP contribution in [-0.2, 0) is 0 Å². The van der Waals surface area contributed by atoms with Crippen LogP contribution in [0.3, 0.4) is 0 Å². The van der Waals surface area contributed by atoms with E-state index in [2.05, 4.69) is 67.2 Å². The van der Waals surface area contributed by atoms with Crippen molar-refractivity contribution in [3.05, 3.63) is 0 Å². The third-order valence-electron chi connectivity index (χ3n) is 3.18. The molecule has 0 amide bonds. The molecule has 2 atom stereocenters. The summed E-state index contributed by atoms with van der Waals surface area (Å²) in [6.07, 6.45) is 1.29. The SMILES string of the molecule is CCCSC(C(C)C(C)(C)C)C(C)(C)C. The lowest BCUT2D eigenvalue weighted by Gasteiger charge is -2.41. The smallest absolute Gasteiger partial charge is 0.0126 e. The normalized spacial score (nSPS) is 17.6. The van der Waals surface area contributed by atoms with Gasteiger partial charge in [0.05, 0.1) is 0 Å². The van der Waals surface area contributed by atoms with Crippen molar-refractivity contribution >= 4 is 11.8 Å². The second kappa shape index (κ2) is 5.61.